The Morgan fingerprint density at radius 3 is 2.79 bits per heavy atom. The summed E-state index contributed by atoms with van der Waals surface area (Å²) in [4.78, 5) is 23.8. The number of carbonyl (C=O) groups excluding carboxylic acids is 1. The van der Waals surface area contributed by atoms with Gasteiger partial charge in [0.2, 0.25) is 5.91 Å². The van der Waals surface area contributed by atoms with Gasteiger partial charge in [0.1, 0.15) is 11.3 Å². The van der Waals surface area contributed by atoms with Crippen molar-refractivity contribution in [2.45, 2.75) is 51.1 Å². The topological polar surface area (TPSA) is 72.3 Å². The van der Waals surface area contributed by atoms with E-state index in [0.717, 1.165) is 55.8 Å². The highest BCUT2D eigenvalue weighted by molar-refractivity contribution is 5.85. The Morgan fingerprint density at radius 1 is 1.38 bits per heavy atom. The van der Waals surface area contributed by atoms with E-state index in [1.807, 2.05) is 24.1 Å². The van der Waals surface area contributed by atoms with Crippen LogP contribution in [0.3, 0.4) is 0 Å². The summed E-state index contributed by atoms with van der Waals surface area (Å²) in [6.07, 6.45) is 5.97. The van der Waals surface area contributed by atoms with Crippen LogP contribution in [-0.2, 0) is 16.0 Å². The molecule has 2 aromatic rings. The molecule has 29 heavy (non-hydrogen) atoms. The number of piperidine rings is 1. The zero-order valence-corrected chi connectivity index (χ0v) is 19.1. The second-order valence-electron chi connectivity index (χ2n) is 7.39. The zero-order valence-electron chi connectivity index (χ0n) is 17.5. The number of carbonyl (C=O) groups is 1. The van der Waals surface area contributed by atoms with Gasteiger partial charge in [0, 0.05) is 39.2 Å². The standard InChI is InChI=1S/C20H31N5O2.2ClH/c1-15(14-27-3)25-18(23-17-6-5-11-22-20(17)25)7-4-8-19(26)24(2)16-9-12-21-13-10-16;;/h5-6,11,15-16,21H,4,7-10,12-14H2,1-3H3;2*1H. The van der Waals surface area contributed by atoms with Crippen LogP contribution in [0.4, 0.5) is 0 Å². The van der Waals surface area contributed by atoms with Gasteiger partial charge in [-0.1, -0.05) is 0 Å². The summed E-state index contributed by atoms with van der Waals surface area (Å²) in [6, 6.07) is 4.41. The molecule has 1 N–H and O–H groups in total. The lowest BCUT2D eigenvalue weighted by Crippen LogP contribution is -2.43. The number of nitrogens with zero attached hydrogens (tertiary/aromatic N) is 4. The maximum atomic E-state index is 12.6. The Labute approximate surface area is 185 Å². The third kappa shape index (κ3) is 6.28. The van der Waals surface area contributed by atoms with Crippen molar-refractivity contribution in [3.8, 4) is 0 Å². The molecule has 7 nitrogen and oxygen atoms in total. The van der Waals surface area contributed by atoms with Gasteiger partial charge in [-0.2, -0.15) is 0 Å². The number of rotatable bonds is 8. The van der Waals surface area contributed by atoms with Crippen molar-refractivity contribution in [1.29, 1.82) is 0 Å². The second kappa shape index (κ2) is 12.3. The molecule has 9 heteroatoms. The van der Waals surface area contributed by atoms with Crippen molar-refractivity contribution in [2.75, 3.05) is 33.9 Å². The maximum Gasteiger partial charge on any atom is 0.222 e. The molecule has 2 aromatic heterocycles. The summed E-state index contributed by atoms with van der Waals surface area (Å²) >= 11 is 0. The Bertz CT molecular complexity index is 764. The molecule has 3 heterocycles. The van der Waals surface area contributed by atoms with Crippen LogP contribution >= 0.6 is 24.8 Å². The maximum absolute atomic E-state index is 12.6. The molecule has 1 aliphatic heterocycles. The van der Waals surface area contributed by atoms with Crippen LogP contribution in [0.15, 0.2) is 18.3 Å². The van der Waals surface area contributed by atoms with Gasteiger partial charge in [0.15, 0.2) is 5.65 Å². The average molecular weight is 446 g/mol. The van der Waals surface area contributed by atoms with Crippen LogP contribution in [0.25, 0.3) is 11.2 Å². The fourth-order valence-electron chi connectivity index (χ4n) is 3.90. The quantitative estimate of drug-likeness (QED) is 0.675. The SMILES string of the molecule is COCC(C)n1c(CCCC(=O)N(C)C2CCNCC2)nc2cccnc21.Cl.Cl. The highest BCUT2D eigenvalue weighted by Gasteiger charge is 2.22. The summed E-state index contributed by atoms with van der Waals surface area (Å²) < 4.78 is 7.48. The Hall–Kier alpha value is -1.41. The van der Waals surface area contributed by atoms with Crippen molar-refractivity contribution in [2.24, 2.45) is 0 Å². The minimum atomic E-state index is 0. The van der Waals surface area contributed by atoms with Crippen LogP contribution in [0.2, 0.25) is 0 Å². The molecule has 0 saturated carbocycles. The number of methoxy groups -OCH3 is 1. The molecule has 1 saturated heterocycles. The number of aryl methyl sites for hydroxylation is 1. The smallest absolute Gasteiger partial charge is 0.222 e. The van der Waals surface area contributed by atoms with Gasteiger partial charge < -0.3 is 19.5 Å². The number of aromatic nitrogens is 3. The molecule has 1 unspecified atom stereocenters. The largest absolute Gasteiger partial charge is 0.383 e. The van der Waals surface area contributed by atoms with Crippen LogP contribution in [0, 0.1) is 0 Å². The number of imidazole rings is 1. The first kappa shape index (κ1) is 25.6. The van der Waals surface area contributed by atoms with Gasteiger partial charge in [0.25, 0.3) is 0 Å². The van der Waals surface area contributed by atoms with Gasteiger partial charge in [0.05, 0.1) is 12.6 Å². The molecule has 0 spiro atoms. The summed E-state index contributed by atoms with van der Waals surface area (Å²) in [5.41, 5.74) is 1.78. The Morgan fingerprint density at radius 2 is 2.10 bits per heavy atom. The summed E-state index contributed by atoms with van der Waals surface area (Å²) in [5.74, 6) is 1.21. The fraction of sp³-hybridized carbons (Fsp3) is 0.650. The normalized spacial score (nSPS) is 15.4. The van der Waals surface area contributed by atoms with E-state index < -0.39 is 0 Å². The molecule has 1 amide bonds. The molecular formula is C20H33Cl2N5O2. The van der Waals surface area contributed by atoms with Crippen molar-refractivity contribution in [3.05, 3.63) is 24.2 Å². The molecule has 0 bridgehead atoms. The molecule has 1 fully saturated rings. The number of nitrogens with one attached hydrogen (secondary N) is 1. The predicted molar refractivity (Wildman–Crippen MR) is 120 cm³/mol. The van der Waals surface area contributed by atoms with Gasteiger partial charge in [-0.3, -0.25) is 4.79 Å². The van der Waals surface area contributed by atoms with Crippen molar-refractivity contribution in [3.63, 3.8) is 0 Å². The third-order valence-corrected chi connectivity index (χ3v) is 5.41. The minimum Gasteiger partial charge on any atom is -0.383 e. The number of amides is 1. The molecule has 1 atom stereocenters. The minimum absolute atomic E-state index is 0. The Balaban J connectivity index is 0.00000210. The van der Waals surface area contributed by atoms with Crippen LogP contribution in [0.5, 0.6) is 0 Å². The molecule has 1 aliphatic rings. The monoisotopic (exact) mass is 445 g/mol. The fourth-order valence-corrected chi connectivity index (χ4v) is 3.90. The van der Waals surface area contributed by atoms with E-state index in [1.165, 1.54) is 0 Å². The summed E-state index contributed by atoms with van der Waals surface area (Å²) in [5, 5.41) is 3.35. The number of halogens is 2. The van der Waals surface area contributed by atoms with Gasteiger partial charge >= 0.3 is 0 Å². The van der Waals surface area contributed by atoms with Crippen molar-refractivity contribution >= 4 is 41.9 Å². The second-order valence-corrected chi connectivity index (χ2v) is 7.39. The van der Waals surface area contributed by atoms with E-state index >= 15 is 0 Å². The van der Waals surface area contributed by atoms with Gasteiger partial charge in [-0.25, -0.2) is 9.97 Å². The average Bonchev–Trinajstić information content (AvgIpc) is 3.06. The lowest BCUT2D eigenvalue weighted by molar-refractivity contribution is -0.132. The van der Waals surface area contributed by atoms with Crippen LogP contribution in [0.1, 0.15) is 44.5 Å². The first-order chi connectivity index (χ1) is 13.1. The number of ether oxygens (including phenoxy) is 1. The number of pyridine rings is 1. The van der Waals surface area contributed by atoms with E-state index in [1.54, 1.807) is 13.3 Å². The van der Waals surface area contributed by atoms with E-state index in [4.69, 9.17) is 9.72 Å². The van der Waals surface area contributed by atoms with Gasteiger partial charge in [-0.15, -0.1) is 24.8 Å². The van der Waals surface area contributed by atoms with E-state index in [-0.39, 0.29) is 36.8 Å². The third-order valence-electron chi connectivity index (χ3n) is 5.41. The summed E-state index contributed by atoms with van der Waals surface area (Å²) in [7, 11) is 3.65. The summed E-state index contributed by atoms with van der Waals surface area (Å²) in [6.45, 7) is 4.71. The van der Waals surface area contributed by atoms with Crippen LogP contribution in [-0.4, -0.2) is 65.2 Å². The highest BCUT2D eigenvalue weighted by Crippen LogP contribution is 2.21. The van der Waals surface area contributed by atoms with E-state index in [9.17, 15) is 4.79 Å². The van der Waals surface area contributed by atoms with E-state index in [2.05, 4.69) is 21.8 Å². The van der Waals surface area contributed by atoms with Crippen molar-refractivity contribution < 1.29 is 9.53 Å². The highest BCUT2D eigenvalue weighted by atomic mass is 35.5. The number of hydrogen-bond donors (Lipinski definition) is 1. The zero-order chi connectivity index (χ0) is 19.2. The molecular weight excluding hydrogens is 413 g/mol. The first-order valence-electron chi connectivity index (χ1n) is 9.89. The molecule has 164 valence electrons. The Kier molecular flexibility index (Phi) is 10.9. The van der Waals surface area contributed by atoms with Crippen molar-refractivity contribution in [1.82, 2.24) is 24.8 Å². The van der Waals surface area contributed by atoms with Gasteiger partial charge in [-0.05, 0) is 51.4 Å². The van der Waals surface area contributed by atoms with E-state index in [0.29, 0.717) is 19.1 Å². The molecule has 0 radical (unpaired) electrons. The molecule has 0 aliphatic carbocycles. The lowest BCUT2D eigenvalue weighted by atomic mass is 10.0. The predicted octanol–water partition coefficient (Wildman–Crippen LogP) is 3.02. The lowest BCUT2D eigenvalue weighted by Gasteiger charge is -2.31. The number of fused-ring (bicyclic) bond motifs is 1. The number of hydrogen-bond acceptors (Lipinski definition) is 5. The molecule has 0 aromatic carbocycles. The first-order valence-corrected chi connectivity index (χ1v) is 9.89. The van der Waals surface area contributed by atoms with Crippen LogP contribution < -0.4 is 5.32 Å². The molecule has 3 rings (SSSR count).